The van der Waals surface area contributed by atoms with Crippen molar-refractivity contribution in [2.24, 2.45) is 5.92 Å². The van der Waals surface area contributed by atoms with Crippen molar-refractivity contribution in [3.05, 3.63) is 34.2 Å². The fourth-order valence-electron chi connectivity index (χ4n) is 3.70. The summed E-state index contributed by atoms with van der Waals surface area (Å²) in [4.78, 5) is 15.2. The van der Waals surface area contributed by atoms with Crippen molar-refractivity contribution in [3.63, 3.8) is 0 Å². The molecule has 2 aliphatic heterocycles. The largest absolute Gasteiger partial charge is 0.422 e. The summed E-state index contributed by atoms with van der Waals surface area (Å²) in [5.74, 6) is 2.43. The van der Waals surface area contributed by atoms with Gasteiger partial charge in [0.1, 0.15) is 6.10 Å². The molecule has 4 heterocycles. The number of carbonyl (C=O) groups is 1. The monoisotopic (exact) mass is 345 g/mol. The van der Waals surface area contributed by atoms with Crippen LogP contribution >= 0.6 is 11.3 Å². The lowest BCUT2D eigenvalue weighted by Crippen LogP contribution is -2.45. The van der Waals surface area contributed by atoms with Crippen molar-refractivity contribution in [2.45, 2.75) is 43.8 Å². The Balaban J connectivity index is 1.26. The minimum Gasteiger partial charge on any atom is -0.422 e. The van der Waals surface area contributed by atoms with Crippen LogP contribution in [-0.4, -0.2) is 40.2 Å². The van der Waals surface area contributed by atoms with Gasteiger partial charge in [-0.05, 0) is 43.0 Å². The summed E-state index contributed by atoms with van der Waals surface area (Å²) < 4.78 is 12.0. The topological polar surface area (TPSA) is 68.5 Å². The summed E-state index contributed by atoms with van der Waals surface area (Å²) in [6.07, 6.45) is 4.15. The second-order valence-corrected chi connectivity index (χ2v) is 7.88. The highest BCUT2D eigenvalue weighted by atomic mass is 32.1. The first kappa shape index (κ1) is 14.6. The Labute approximate surface area is 143 Å². The van der Waals surface area contributed by atoms with Gasteiger partial charge in [-0.3, -0.25) is 4.79 Å². The first-order valence-corrected chi connectivity index (χ1v) is 9.47. The van der Waals surface area contributed by atoms with Gasteiger partial charge in [0.2, 0.25) is 11.8 Å². The van der Waals surface area contributed by atoms with E-state index in [4.69, 9.17) is 9.15 Å². The number of ether oxygens (including phenoxy) is 1. The van der Waals surface area contributed by atoms with E-state index in [1.165, 1.54) is 11.3 Å². The molecule has 3 atom stereocenters. The van der Waals surface area contributed by atoms with Crippen molar-refractivity contribution in [1.29, 1.82) is 0 Å². The van der Waals surface area contributed by atoms with Gasteiger partial charge in [-0.15, -0.1) is 21.5 Å². The molecule has 0 radical (unpaired) electrons. The number of thiophene rings is 1. The van der Waals surface area contributed by atoms with Crippen LogP contribution < -0.4 is 0 Å². The standard InChI is InChI=1S/C17H19N3O3S/c21-17(14-2-1-7-24-14)20-6-5-11-8-12(22-13(11)9-20)16-19-18-15(23-16)10-3-4-10/h1-2,7,10-13H,3-6,8-9H2/t11-,12+,13+/m1/s1. The maximum absolute atomic E-state index is 12.5. The molecule has 3 fully saturated rings. The lowest BCUT2D eigenvalue weighted by molar-refractivity contribution is -0.0123. The Morgan fingerprint density at radius 1 is 1.25 bits per heavy atom. The summed E-state index contributed by atoms with van der Waals surface area (Å²) in [7, 11) is 0. The predicted molar refractivity (Wildman–Crippen MR) is 86.8 cm³/mol. The fraction of sp³-hybridized carbons (Fsp3) is 0.588. The third kappa shape index (κ3) is 2.56. The zero-order valence-electron chi connectivity index (χ0n) is 13.3. The number of aromatic nitrogens is 2. The first-order valence-electron chi connectivity index (χ1n) is 8.59. The average molecular weight is 345 g/mol. The molecular weight excluding hydrogens is 326 g/mol. The Hall–Kier alpha value is -1.73. The first-order chi connectivity index (χ1) is 11.8. The molecule has 3 aliphatic rings. The lowest BCUT2D eigenvalue weighted by atomic mass is 9.91. The summed E-state index contributed by atoms with van der Waals surface area (Å²) >= 11 is 1.49. The zero-order valence-corrected chi connectivity index (χ0v) is 14.1. The van der Waals surface area contributed by atoms with Gasteiger partial charge in [-0.2, -0.15) is 0 Å². The SMILES string of the molecule is O=C(c1cccs1)N1CC[C@@H]2C[C@@H](c3nnc(C4CC4)o3)O[C@H]2C1. The van der Waals surface area contributed by atoms with Crippen molar-refractivity contribution in [3.8, 4) is 0 Å². The molecule has 5 rings (SSSR count). The van der Waals surface area contributed by atoms with E-state index in [1.54, 1.807) is 0 Å². The van der Waals surface area contributed by atoms with Gasteiger partial charge in [-0.25, -0.2) is 0 Å². The highest BCUT2D eigenvalue weighted by Crippen LogP contribution is 2.43. The number of hydrogen-bond donors (Lipinski definition) is 0. The molecule has 126 valence electrons. The maximum Gasteiger partial charge on any atom is 0.264 e. The normalized spacial score (nSPS) is 29.7. The molecule has 2 saturated heterocycles. The fourth-order valence-corrected chi connectivity index (χ4v) is 4.39. The number of amides is 1. The zero-order chi connectivity index (χ0) is 16.1. The minimum absolute atomic E-state index is 0.0731. The third-order valence-electron chi connectivity index (χ3n) is 5.23. The van der Waals surface area contributed by atoms with E-state index in [9.17, 15) is 4.79 Å². The molecule has 1 amide bonds. The molecule has 24 heavy (non-hydrogen) atoms. The quantitative estimate of drug-likeness (QED) is 0.855. The van der Waals surface area contributed by atoms with E-state index >= 15 is 0 Å². The van der Waals surface area contributed by atoms with Gasteiger partial charge in [0.05, 0.1) is 11.0 Å². The minimum atomic E-state index is -0.114. The van der Waals surface area contributed by atoms with Crippen LogP contribution in [0.25, 0.3) is 0 Å². The van der Waals surface area contributed by atoms with Crippen LogP contribution in [0.2, 0.25) is 0 Å². The van der Waals surface area contributed by atoms with E-state index in [1.807, 2.05) is 22.4 Å². The second kappa shape index (κ2) is 5.67. The summed E-state index contributed by atoms with van der Waals surface area (Å²) in [5.41, 5.74) is 0. The third-order valence-corrected chi connectivity index (χ3v) is 6.09. The summed E-state index contributed by atoms with van der Waals surface area (Å²) in [6, 6.07) is 3.80. The molecule has 0 unspecified atom stereocenters. The van der Waals surface area contributed by atoms with Crippen molar-refractivity contribution in [1.82, 2.24) is 15.1 Å². The van der Waals surface area contributed by atoms with E-state index in [-0.39, 0.29) is 18.1 Å². The number of rotatable bonds is 3. The van der Waals surface area contributed by atoms with Gasteiger partial charge < -0.3 is 14.1 Å². The molecule has 2 aromatic rings. The number of likely N-dealkylation sites (tertiary alicyclic amines) is 1. The molecule has 2 aromatic heterocycles. The molecule has 1 aliphatic carbocycles. The molecule has 0 N–H and O–H groups in total. The van der Waals surface area contributed by atoms with Crippen molar-refractivity contribution >= 4 is 17.2 Å². The average Bonchev–Trinajstić information content (AvgIpc) is 3.06. The molecule has 0 bridgehead atoms. The van der Waals surface area contributed by atoms with Crippen molar-refractivity contribution in [2.75, 3.05) is 13.1 Å². The number of fused-ring (bicyclic) bond motifs is 1. The smallest absolute Gasteiger partial charge is 0.264 e. The second-order valence-electron chi connectivity index (χ2n) is 6.93. The van der Waals surface area contributed by atoms with Gasteiger partial charge in [0.15, 0.2) is 0 Å². The van der Waals surface area contributed by atoms with Crippen LogP contribution in [0.3, 0.4) is 0 Å². The molecule has 6 nitrogen and oxygen atoms in total. The van der Waals surface area contributed by atoms with Crippen molar-refractivity contribution < 1.29 is 13.9 Å². The Morgan fingerprint density at radius 2 is 2.12 bits per heavy atom. The van der Waals surface area contributed by atoms with Gasteiger partial charge >= 0.3 is 0 Å². The van der Waals surface area contributed by atoms with Gasteiger partial charge in [0, 0.05) is 19.0 Å². The van der Waals surface area contributed by atoms with Gasteiger partial charge in [-0.1, -0.05) is 6.07 Å². The molecule has 0 aromatic carbocycles. The molecule has 0 spiro atoms. The highest BCUT2D eigenvalue weighted by Gasteiger charge is 2.43. The van der Waals surface area contributed by atoms with Crippen LogP contribution in [0.1, 0.15) is 59.2 Å². The summed E-state index contributed by atoms with van der Waals surface area (Å²) in [5, 5.41) is 10.3. The maximum atomic E-state index is 12.5. The lowest BCUT2D eigenvalue weighted by Gasteiger charge is -2.33. The van der Waals surface area contributed by atoms with Crippen LogP contribution in [-0.2, 0) is 4.74 Å². The van der Waals surface area contributed by atoms with E-state index in [0.717, 1.165) is 43.0 Å². The van der Waals surface area contributed by atoms with Crippen LogP contribution in [0.4, 0.5) is 0 Å². The number of piperidine rings is 1. The van der Waals surface area contributed by atoms with Gasteiger partial charge in [0.25, 0.3) is 5.91 Å². The van der Waals surface area contributed by atoms with Crippen LogP contribution in [0.15, 0.2) is 21.9 Å². The predicted octanol–water partition coefficient (Wildman–Crippen LogP) is 3.00. The Bertz CT molecular complexity index is 740. The molecule has 1 saturated carbocycles. The molecule has 7 heteroatoms. The van der Waals surface area contributed by atoms with Crippen LogP contribution in [0, 0.1) is 5.92 Å². The van der Waals surface area contributed by atoms with Crippen LogP contribution in [0.5, 0.6) is 0 Å². The van der Waals surface area contributed by atoms with E-state index < -0.39 is 0 Å². The number of nitrogens with zero attached hydrogens (tertiary/aromatic N) is 3. The molecular formula is C17H19N3O3S. The Kier molecular flexibility index (Phi) is 3.45. The number of carbonyl (C=O) groups excluding carboxylic acids is 1. The number of hydrogen-bond acceptors (Lipinski definition) is 6. The van der Waals surface area contributed by atoms with E-state index in [0.29, 0.717) is 24.3 Å². The van der Waals surface area contributed by atoms with E-state index in [2.05, 4.69) is 10.2 Å². The highest BCUT2D eigenvalue weighted by molar-refractivity contribution is 7.12. The Morgan fingerprint density at radius 3 is 2.92 bits per heavy atom. The summed E-state index contributed by atoms with van der Waals surface area (Å²) in [6.45, 7) is 1.45.